The second kappa shape index (κ2) is 9.54. The molecule has 0 saturated carbocycles. The average Bonchev–Trinajstić information content (AvgIpc) is 3.46. The number of hydrogen-bond donors (Lipinski definition) is 2. The first-order valence-corrected chi connectivity index (χ1v) is 12.0. The normalized spacial score (nSPS) is 14.8. The van der Waals surface area contributed by atoms with Crippen LogP contribution in [0.2, 0.25) is 0 Å². The van der Waals surface area contributed by atoms with Crippen molar-refractivity contribution in [2.75, 3.05) is 11.9 Å². The maximum Gasteiger partial charge on any atom is 0.277 e. The first-order chi connectivity index (χ1) is 16.2. The number of pyridine rings is 1. The lowest BCUT2D eigenvalue weighted by Crippen LogP contribution is -2.36. The van der Waals surface area contributed by atoms with Gasteiger partial charge in [-0.3, -0.25) is 19.1 Å². The summed E-state index contributed by atoms with van der Waals surface area (Å²) in [7, 11) is 0. The number of anilines is 1. The average molecular weight is 460 g/mol. The molecule has 7 nitrogen and oxygen atoms in total. The Morgan fingerprint density at radius 2 is 2.06 bits per heavy atom. The molecular formula is C25H25N5O2S. The molecule has 2 N–H and O–H groups in total. The van der Waals surface area contributed by atoms with Crippen LogP contribution in [0.25, 0.3) is 10.1 Å². The van der Waals surface area contributed by atoms with Crippen molar-refractivity contribution in [3.8, 4) is 0 Å². The predicted octanol–water partition coefficient (Wildman–Crippen LogP) is 3.70. The number of rotatable bonds is 8. The molecule has 4 heterocycles. The monoisotopic (exact) mass is 459 g/mol. The lowest BCUT2D eigenvalue weighted by atomic mass is 10.1. The van der Waals surface area contributed by atoms with Crippen LogP contribution in [0.1, 0.15) is 35.1 Å². The van der Waals surface area contributed by atoms with Gasteiger partial charge in [-0.25, -0.2) is 4.98 Å². The molecule has 5 rings (SSSR count). The first kappa shape index (κ1) is 21.3. The number of thiophene rings is 1. The highest BCUT2D eigenvalue weighted by Gasteiger charge is 2.31. The number of nitrogens with one attached hydrogen (secondary N) is 2. The third-order valence-electron chi connectivity index (χ3n) is 5.93. The molecule has 0 unspecified atom stereocenters. The number of carbonyl (C=O) groups is 1. The molecule has 0 saturated heterocycles. The van der Waals surface area contributed by atoms with Gasteiger partial charge in [-0.1, -0.05) is 30.3 Å². The third kappa shape index (κ3) is 4.66. The van der Waals surface area contributed by atoms with Gasteiger partial charge in [0.25, 0.3) is 5.56 Å². The van der Waals surface area contributed by atoms with Gasteiger partial charge in [0.15, 0.2) is 0 Å². The lowest BCUT2D eigenvalue weighted by molar-refractivity contribution is -0.124. The minimum atomic E-state index is -0.526. The zero-order valence-corrected chi connectivity index (χ0v) is 19.0. The second-order valence-electron chi connectivity index (χ2n) is 8.18. The molecular weight excluding hydrogens is 434 g/mol. The molecule has 1 aliphatic rings. The fraction of sp³-hybridized carbons (Fsp3) is 0.280. The number of carbonyl (C=O) groups excluding carboxylic acids is 1. The maximum atomic E-state index is 13.1. The Bertz CT molecular complexity index is 1300. The molecule has 33 heavy (non-hydrogen) atoms. The SMILES string of the molecule is O=C(NCc1cc2cnccc2s1)[C@@H]1CCc2ncc(NCCCc3ccccc3)c(=O)n21. The minimum Gasteiger partial charge on any atom is -0.379 e. The molecule has 8 heteroatoms. The van der Waals surface area contributed by atoms with Crippen LogP contribution in [0.5, 0.6) is 0 Å². The Hall–Kier alpha value is -3.52. The zero-order valence-electron chi connectivity index (χ0n) is 18.2. The molecule has 1 amide bonds. The van der Waals surface area contributed by atoms with Gasteiger partial charge in [-0.05, 0) is 37.0 Å². The minimum absolute atomic E-state index is 0.144. The molecule has 1 atom stereocenters. The van der Waals surface area contributed by atoms with Gasteiger partial charge >= 0.3 is 0 Å². The number of benzene rings is 1. The van der Waals surface area contributed by atoms with E-state index in [0.29, 0.717) is 37.4 Å². The topological polar surface area (TPSA) is 88.9 Å². The van der Waals surface area contributed by atoms with E-state index in [-0.39, 0.29) is 11.5 Å². The number of aryl methyl sites for hydroxylation is 2. The number of hydrogen-bond acceptors (Lipinski definition) is 6. The Morgan fingerprint density at radius 1 is 1.18 bits per heavy atom. The van der Waals surface area contributed by atoms with Gasteiger partial charge < -0.3 is 10.6 Å². The first-order valence-electron chi connectivity index (χ1n) is 11.2. The molecule has 3 aromatic heterocycles. The summed E-state index contributed by atoms with van der Waals surface area (Å²) in [5, 5.41) is 7.29. The van der Waals surface area contributed by atoms with Crippen molar-refractivity contribution in [2.45, 2.75) is 38.3 Å². The highest BCUT2D eigenvalue weighted by molar-refractivity contribution is 7.19. The summed E-state index contributed by atoms with van der Waals surface area (Å²) in [5.74, 6) is 0.525. The summed E-state index contributed by atoms with van der Waals surface area (Å²) in [6, 6.07) is 13.8. The van der Waals surface area contributed by atoms with Gasteiger partial charge in [0.2, 0.25) is 5.91 Å². The maximum absolute atomic E-state index is 13.1. The zero-order chi connectivity index (χ0) is 22.6. The number of nitrogens with zero attached hydrogens (tertiary/aromatic N) is 3. The van der Waals surface area contributed by atoms with E-state index in [9.17, 15) is 9.59 Å². The van der Waals surface area contributed by atoms with Gasteiger partial charge in [0, 0.05) is 40.3 Å². The lowest BCUT2D eigenvalue weighted by Gasteiger charge is -2.15. The van der Waals surface area contributed by atoms with Crippen LogP contribution < -0.4 is 16.2 Å². The summed E-state index contributed by atoms with van der Waals surface area (Å²) in [6.45, 7) is 1.10. The third-order valence-corrected chi connectivity index (χ3v) is 7.05. The van der Waals surface area contributed by atoms with Crippen molar-refractivity contribution >= 4 is 33.0 Å². The Kier molecular flexibility index (Phi) is 6.17. The molecule has 4 aromatic rings. The van der Waals surface area contributed by atoms with E-state index in [1.165, 1.54) is 5.56 Å². The van der Waals surface area contributed by atoms with E-state index in [0.717, 1.165) is 27.8 Å². The number of fused-ring (bicyclic) bond motifs is 2. The number of aromatic nitrogens is 3. The summed E-state index contributed by atoms with van der Waals surface area (Å²) < 4.78 is 2.70. The standard InChI is InChI=1S/C25H25N5O2S/c31-24(29-15-19-13-18-14-26-12-10-22(18)33-19)21-8-9-23-28-16-20(25(32)30(21)23)27-11-4-7-17-5-2-1-3-6-17/h1-3,5-6,10,12-14,16,21,27H,4,7-9,11,15H2,(H,29,31)/t21-/m0/s1. The van der Waals surface area contributed by atoms with E-state index in [1.807, 2.05) is 36.5 Å². The van der Waals surface area contributed by atoms with E-state index >= 15 is 0 Å². The molecule has 1 aliphatic heterocycles. The van der Waals surface area contributed by atoms with Crippen LogP contribution in [0.15, 0.2) is 65.8 Å². The van der Waals surface area contributed by atoms with E-state index < -0.39 is 6.04 Å². The fourth-order valence-corrected chi connectivity index (χ4v) is 5.22. The van der Waals surface area contributed by atoms with Crippen molar-refractivity contribution in [1.82, 2.24) is 19.9 Å². The Labute approximate surface area is 195 Å². The van der Waals surface area contributed by atoms with Gasteiger partial charge in [0.05, 0.1) is 12.7 Å². The number of amides is 1. The summed E-state index contributed by atoms with van der Waals surface area (Å²) >= 11 is 1.64. The molecule has 0 bridgehead atoms. The van der Waals surface area contributed by atoms with Gasteiger partial charge in [-0.2, -0.15) is 0 Å². The van der Waals surface area contributed by atoms with Gasteiger partial charge in [-0.15, -0.1) is 11.3 Å². The Morgan fingerprint density at radius 3 is 2.91 bits per heavy atom. The van der Waals surface area contributed by atoms with Crippen molar-refractivity contribution < 1.29 is 4.79 Å². The second-order valence-corrected chi connectivity index (χ2v) is 9.35. The predicted molar refractivity (Wildman–Crippen MR) is 131 cm³/mol. The van der Waals surface area contributed by atoms with Crippen LogP contribution >= 0.6 is 11.3 Å². The summed E-state index contributed by atoms with van der Waals surface area (Å²) in [4.78, 5) is 35.7. The van der Waals surface area contributed by atoms with E-state index in [4.69, 9.17) is 0 Å². The highest BCUT2D eigenvalue weighted by atomic mass is 32.1. The quantitative estimate of drug-likeness (QED) is 0.392. The molecule has 1 aromatic carbocycles. The van der Waals surface area contributed by atoms with Crippen molar-refractivity contribution in [3.63, 3.8) is 0 Å². The van der Waals surface area contributed by atoms with Crippen molar-refractivity contribution in [2.24, 2.45) is 0 Å². The smallest absolute Gasteiger partial charge is 0.277 e. The fourth-order valence-electron chi connectivity index (χ4n) is 4.25. The van der Waals surface area contributed by atoms with Crippen LogP contribution in [0, 0.1) is 0 Å². The van der Waals surface area contributed by atoms with Crippen LogP contribution in [0.4, 0.5) is 5.69 Å². The van der Waals surface area contributed by atoms with Crippen molar-refractivity contribution in [3.05, 3.63) is 87.7 Å². The van der Waals surface area contributed by atoms with Gasteiger partial charge in [0.1, 0.15) is 17.6 Å². The summed E-state index contributed by atoms with van der Waals surface area (Å²) in [6.07, 6.45) is 8.24. The van der Waals surface area contributed by atoms with E-state index in [2.05, 4.69) is 32.7 Å². The largest absolute Gasteiger partial charge is 0.379 e. The molecule has 0 aliphatic carbocycles. The van der Waals surface area contributed by atoms with Crippen LogP contribution in [-0.2, 0) is 24.2 Å². The van der Waals surface area contributed by atoms with Crippen LogP contribution in [0.3, 0.4) is 0 Å². The van der Waals surface area contributed by atoms with E-state index in [1.54, 1.807) is 28.3 Å². The van der Waals surface area contributed by atoms with Crippen molar-refractivity contribution in [1.29, 1.82) is 0 Å². The van der Waals surface area contributed by atoms with Crippen LogP contribution in [-0.4, -0.2) is 27.0 Å². The summed E-state index contributed by atoms with van der Waals surface area (Å²) in [5.41, 5.74) is 1.54. The molecule has 0 spiro atoms. The molecule has 0 radical (unpaired) electrons. The Balaban J connectivity index is 1.22. The molecule has 168 valence electrons. The molecule has 0 fully saturated rings. The highest BCUT2D eigenvalue weighted by Crippen LogP contribution is 2.26.